The van der Waals surface area contributed by atoms with Crippen LogP contribution in [0.5, 0.6) is 0 Å². The van der Waals surface area contributed by atoms with Crippen LogP contribution in [0.25, 0.3) is 0 Å². The molecular weight excluding hydrogens is 222 g/mol. The van der Waals surface area contributed by atoms with E-state index in [2.05, 4.69) is 29.6 Å². The maximum absolute atomic E-state index is 3.47. The van der Waals surface area contributed by atoms with Gasteiger partial charge in [0.25, 0.3) is 0 Å². The SMILES string of the molecule is c1ccc2c(c1)CSCCNCCSC2. The normalized spacial score (nSPS) is 18.9. The monoisotopic (exact) mass is 239 g/mol. The predicted octanol–water partition coefficient (Wildman–Crippen LogP) is 2.76. The largest absolute Gasteiger partial charge is 0.315 e. The molecule has 0 amide bonds. The molecule has 1 aromatic carbocycles. The summed E-state index contributed by atoms with van der Waals surface area (Å²) in [5.74, 6) is 4.77. The molecule has 0 aromatic heterocycles. The zero-order valence-corrected chi connectivity index (χ0v) is 10.5. The smallest absolute Gasteiger partial charge is 0.0188 e. The summed E-state index contributed by atoms with van der Waals surface area (Å²) in [6, 6.07) is 8.85. The van der Waals surface area contributed by atoms with Crippen molar-refractivity contribution in [2.24, 2.45) is 0 Å². The summed E-state index contributed by atoms with van der Waals surface area (Å²) in [6.45, 7) is 2.29. The van der Waals surface area contributed by atoms with E-state index in [1.54, 1.807) is 0 Å². The molecule has 0 atom stereocenters. The molecule has 0 fully saturated rings. The van der Waals surface area contributed by atoms with Crippen LogP contribution in [0.1, 0.15) is 11.1 Å². The molecule has 1 N–H and O–H groups in total. The first kappa shape index (κ1) is 11.4. The Kier molecular flexibility index (Phi) is 4.90. The third-order valence-electron chi connectivity index (χ3n) is 2.48. The molecule has 0 saturated heterocycles. The van der Waals surface area contributed by atoms with Crippen LogP contribution in [-0.4, -0.2) is 24.6 Å². The lowest BCUT2D eigenvalue weighted by molar-refractivity contribution is 0.774. The lowest BCUT2D eigenvalue weighted by Crippen LogP contribution is -2.19. The maximum atomic E-state index is 3.47. The summed E-state index contributed by atoms with van der Waals surface area (Å²) in [7, 11) is 0. The van der Waals surface area contributed by atoms with E-state index in [4.69, 9.17) is 0 Å². The molecule has 1 aromatic rings. The van der Waals surface area contributed by atoms with Crippen molar-refractivity contribution in [1.29, 1.82) is 0 Å². The molecule has 15 heavy (non-hydrogen) atoms. The summed E-state index contributed by atoms with van der Waals surface area (Å²) in [6.07, 6.45) is 0. The molecule has 1 nitrogen and oxygen atoms in total. The molecule has 0 unspecified atom stereocenters. The quantitative estimate of drug-likeness (QED) is 0.748. The Labute approximate surface area is 100 Å². The van der Waals surface area contributed by atoms with Crippen LogP contribution in [0, 0.1) is 0 Å². The van der Waals surface area contributed by atoms with E-state index in [1.807, 2.05) is 23.5 Å². The maximum Gasteiger partial charge on any atom is 0.0188 e. The fourth-order valence-electron chi connectivity index (χ4n) is 1.62. The molecule has 2 rings (SSSR count). The highest BCUT2D eigenvalue weighted by Gasteiger charge is 2.03. The van der Waals surface area contributed by atoms with Gasteiger partial charge in [0.2, 0.25) is 0 Å². The van der Waals surface area contributed by atoms with Gasteiger partial charge >= 0.3 is 0 Å². The van der Waals surface area contributed by atoms with E-state index < -0.39 is 0 Å². The molecule has 0 spiro atoms. The number of benzene rings is 1. The van der Waals surface area contributed by atoms with Crippen molar-refractivity contribution in [2.75, 3.05) is 24.6 Å². The topological polar surface area (TPSA) is 12.0 Å². The molecule has 1 aliphatic heterocycles. The first-order chi connectivity index (χ1) is 7.47. The van der Waals surface area contributed by atoms with Gasteiger partial charge in [0.05, 0.1) is 0 Å². The van der Waals surface area contributed by atoms with Crippen molar-refractivity contribution < 1.29 is 0 Å². The molecule has 82 valence electrons. The van der Waals surface area contributed by atoms with E-state index in [0.717, 1.165) is 13.1 Å². The van der Waals surface area contributed by atoms with Gasteiger partial charge in [0.1, 0.15) is 0 Å². The Hall–Kier alpha value is -0.120. The Balaban J connectivity index is 2.04. The number of rotatable bonds is 0. The molecule has 1 heterocycles. The van der Waals surface area contributed by atoms with Crippen LogP contribution < -0.4 is 5.32 Å². The van der Waals surface area contributed by atoms with Crippen molar-refractivity contribution in [2.45, 2.75) is 11.5 Å². The van der Waals surface area contributed by atoms with E-state index in [0.29, 0.717) is 0 Å². The minimum absolute atomic E-state index is 1.15. The Morgan fingerprint density at radius 1 is 0.867 bits per heavy atom. The Morgan fingerprint density at radius 3 is 1.93 bits per heavy atom. The number of hydrogen-bond acceptors (Lipinski definition) is 3. The van der Waals surface area contributed by atoms with Crippen LogP contribution in [0.3, 0.4) is 0 Å². The second kappa shape index (κ2) is 6.46. The van der Waals surface area contributed by atoms with Crippen molar-refractivity contribution in [3.05, 3.63) is 35.4 Å². The van der Waals surface area contributed by atoms with Gasteiger partial charge in [-0.05, 0) is 11.1 Å². The molecule has 3 heteroatoms. The van der Waals surface area contributed by atoms with E-state index in [1.165, 1.54) is 34.1 Å². The molecule has 0 bridgehead atoms. The first-order valence-electron chi connectivity index (χ1n) is 5.40. The first-order valence-corrected chi connectivity index (χ1v) is 7.71. The molecule has 1 aliphatic rings. The number of nitrogens with one attached hydrogen (secondary N) is 1. The molecule has 0 saturated carbocycles. The van der Waals surface area contributed by atoms with Gasteiger partial charge in [-0.3, -0.25) is 0 Å². The highest BCUT2D eigenvalue weighted by atomic mass is 32.2. The summed E-state index contributed by atoms with van der Waals surface area (Å²) in [5.41, 5.74) is 3.05. The average Bonchev–Trinajstić information content (AvgIpc) is 2.32. The van der Waals surface area contributed by atoms with Crippen LogP contribution in [0.2, 0.25) is 0 Å². The number of thioether (sulfide) groups is 2. The highest BCUT2D eigenvalue weighted by molar-refractivity contribution is 7.98. The summed E-state index contributed by atoms with van der Waals surface area (Å²) in [5, 5.41) is 3.47. The van der Waals surface area contributed by atoms with Gasteiger partial charge in [0, 0.05) is 36.1 Å². The van der Waals surface area contributed by atoms with E-state index in [-0.39, 0.29) is 0 Å². The van der Waals surface area contributed by atoms with Crippen LogP contribution in [0.4, 0.5) is 0 Å². The van der Waals surface area contributed by atoms with Crippen molar-refractivity contribution >= 4 is 23.5 Å². The summed E-state index contributed by atoms with van der Waals surface area (Å²) < 4.78 is 0. The van der Waals surface area contributed by atoms with E-state index in [9.17, 15) is 0 Å². The van der Waals surface area contributed by atoms with E-state index >= 15 is 0 Å². The van der Waals surface area contributed by atoms with Crippen molar-refractivity contribution in [1.82, 2.24) is 5.32 Å². The van der Waals surface area contributed by atoms with Crippen molar-refractivity contribution in [3.63, 3.8) is 0 Å². The van der Waals surface area contributed by atoms with Crippen molar-refractivity contribution in [3.8, 4) is 0 Å². The minimum atomic E-state index is 1.15. The van der Waals surface area contributed by atoms with Gasteiger partial charge < -0.3 is 5.32 Å². The summed E-state index contributed by atoms with van der Waals surface area (Å²) >= 11 is 4.06. The van der Waals surface area contributed by atoms with Crippen LogP contribution in [0.15, 0.2) is 24.3 Å². The Morgan fingerprint density at radius 2 is 1.40 bits per heavy atom. The second-order valence-corrected chi connectivity index (χ2v) is 5.83. The highest BCUT2D eigenvalue weighted by Crippen LogP contribution is 2.21. The van der Waals surface area contributed by atoms with Gasteiger partial charge in [-0.25, -0.2) is 0 Å². The zero-order chi connectivity index (χ0) is 10.3. The fourth-order valence-corrected chi connectivity index (χ4v) is 3.49. The second-order valence-electron chi connectivity index (χ2n) is 3.62. The molecular formula is C12H17NS2. The third-order valence-corrected chi connectivity index (χ3v) is 4.50. The zero-order valence-electron chi connectivity index (χ0n) is 8.87. The van der Waals surface area contributed by atoms with Crippen LogP contribution in [-0.2, 0) is 11.5 Å². The molecule has 0 radical (unpaired) electrons. The van der Waals surface area contributed by atoms with Gasteiger partial charge in [-0.2, -0.15) is 23.5 Å². The predicted molar refractivity (Wildman–Crippen MR) is 71.6 cm³/mol. The molecule has 0 aliphatic carbocycles. The lowest BCUT2D eigenvalue weighted by Gasteiger charge is -2.07. The Bertz CT molecular complexity index is 272. The average molecular weight is 239 g/mol. The van der Waals surface area contributed by atoms with Crippen LogP contribution >= 0.6 is 23.5 Å². The fraction of sp³-hybridized carbons (Fsp3) is 0.500. The standard InChI is InChI=1S/C12H17NS2/c1-2-4-12-10-15-8-6-13-5-7-14-9-11(12)3-1/h1-4,13H,5-10H2. The van der Waals surface area contributed by atoms with Gasteiger partial charge in [-0.1, -0.05) is 24.3 Å². The number of hydrogen-bond donors (Lipinski definition) is 1. The lowest BCUT2D eigenvalue weighted by atomic mass is 10.1. The minimum Gasteiger partial charge on any atom is -0.315 e. The third kappa shape index (κ3) is 3.74. The van der Waals surface area contributed by atoms with Gasteiger partial charge in [-0.15, -0.1) is 0 Å². The summed E-state index contributed by atoms with van der Waals surface area (Å²) in [4.78, 5) is 0. The number of fused-ring (bicyclic) bond motifs is 1. The van der Waals surface area contributed by atoms with Gasteiger partial charge in [0.15, 0.2) is 0 Å².